The van der Waals surface area contributed by atoms with E-state index in [-0.39, 0.29) is 12.0 Å². The Labute approximate surface area is 123 Å². The zero-order valence-corrected chi connectivity index (χ0v) is 14.1. The highest BCUT2D eigenvalue weighted by molar-refractivity contribution is 7.89. The summed E-state index contributed by atoms with van der Waals surface area (Å²) in [7, 11) is 0.0560. The quantitative estimate of drug-likeness (QED) is 0.877. The van der Waals surface area contributed by atoms with E-state index in [1.54, 1.807) is 13.1 Å². The summed E-state index contributed by atoms with van der Waals surface area (Å²) in [5.41, 5.74) is 1.76. The molecule has 0 saturated heterocycles. The Kier molecular flexibility index (Phi) is 5.74. The van der Waals surface area contributed by atoms with Gasteiger partial charge in [0.25, 0.3) is 0 Å². The van der Waals surface area contributed by atoms with Crippen molar-refractivity contribution < 1.29 is 8.42 Å². The first-order valence-electron chi connectivity index (χ1n) is 6.94. The molecule has 0 radical (unpaired) electrons. The number of sulfonamides is 1. The van der Waals surface area contributed by atoms with Gasteiger partial charge in [-0.05, 0) is 44.0 Å². The van der Waals surface area contributed by atoms with Gasteiger partial charge in [-0.15, -0.1) is 0 Å². The van der Waals surface area contributed by atoms with Crippen molar-refractivity contribution in [3.63, 3.8) is 0 Å². The Bertz CT molecular complexity index is 553. The molecule has 0 heterocycles. The molecule has 0 fully saturated rings. The zero-order chi connectivity index (χ0) is 15.5. The third kappa shape index (κ3) is 3.59. The summed E-state index contributed by atoms with van der Waals surface area (Å²) >= 11 is 0. The van der Waals surface area contributed by atoms with Gasteiger partial charge >= 0.3 is 0 Å². The maximum Gasteiger partial charge on any atom is 0.243 e. The minimum absolute atomic E-state index is 0.0349. The number of nitrogens with one attached hydrogen (secondary N) is 1. The molecular weight excluding hydrogens is 272 g/mol. The average Bonchev–Trinajstić information content (AvgIpc) is 2.39. The van der Waals surface area contributed by atoms with E-state index in [4.69, 9.17) is 0 Å². The lowest BCUT2D eigenvalue weighted by molar-refractivity contribution is 0.315. The second-order valence-corrected chi connectivity index (χ2v) is 7.60. The largest absolute Gasteiger partial charge is 0.316 e. The lowest BCUT2D eigenvalue weighted by Gasteiger charge is -2.28. The van der Waals surface area contributed by atoms with Gasteiger partial charge in [0.15, 0.2) is 0 Å². The predicted octanol–water partition coefficient (Wildman–Crippen LogP) is 2.38. The zero-order valence-electron chi connectivity index (χ0n) is 13.3. The van der Waals surface area contributed by atoms with Gasteiger partial charge in [0, 0.05) is 19.6 Å². The average molecular weight is 298 g/mol. The van der Waals surface area contributed by atoms with Crippen LogP contribution in [0.4, 0.5) is 0 Å². The standard InChI is InChI=1S/C15H26N2O2S/c1-11(2)13(4)17(6)20(18,19)15-9-14(10-16-5)8-7-12(15)3/h7-9,11,13,16H,10H2,1-6H3. The van der Waals surface area contributed by atoms with Crippen molar-refractivity contribution in [2.75, 3.05) is 14.1 Å². The summed E-state index contributed by atoms with van der Waals surface area (Å²) in [4.78, 5) is 0.403. The molecule has 0 aliphatic heterocycles. The number of nitrogens with zero attached hydrogens (tertiary/aromatic N) is 1. The molecule has 0 spiro atoms. The highest BCUT2D eigenvalue weighted by Gasteiger charge is 2.28. The Morgan fingerprint density at radius 3 is 2.35 bits per heavy atom. The van der Waals surface area contributed by atoms with Crippen LogP contribution in [-0.4, -0.2) is 32.9 Å². The van der Waals surface area contributed by atoms with Crippen LogP contribution < -0.4 is 5.32 Å². The number of rotatable bonds is 6. The summed E-state index contributed by atoms with van der Waals surface area (Å²) in [6.07, 6.45) is 0. The molecule has 114 valence electrons. The molecule has 0 bridgehead atoms. The van der Waals surface area contributed by atoms with Crippen molar-refractivity contribution >= 4 is 10.0 Å². The monoisotopic (exact) mass is 298 g/mol. The molecule has 0 aliphatic carbocycles. The highest BCUT2D eigenvalue weighted by Crippen LogP contribution is 2.24. The van der Waals surface area contributed by atoms with Crippen molar-refractivity contribution in [1.29, 1.82) is 0 Å². The molecule has 4 nitrogen and oxygen atoms in total. The van der Waals surface area contributed by atoms with Gasteiger partial charge in [0.1, 0.15) is 0 Å². The molecule has 0 saturated carbocycles. The second-order valence-electron chi connectivity index (χ2n) is 5.64. The first-order chi connectivity index (χ1) is 9.21. The Morgan fingerprint density at radius 1 is 1.25 bits per heavy atom. The van der Waals surface area contributed by atoms with Gasteiger partial charge in [-0.3, -0.25) is 0 Å². The van der Waals surface area contributed by atoms with Gasteiger partial charge in [0.05, 0.1) is 4.90 Å². The minimum atomic E-state index is -3.45. The molecule has 1 rings (SSSR count). The summed E-state index contributed by atoms with van der Waals surface area (Å²) in [5.74, 6) is 0.274. The van der Waals surface area contributed by atoms with E-state index in [2.05, 4.69) is 5.32 Å². The molecule has 1 unspecified atom stereocenters. The van der Waals surface area contributed by atoms with Crippen LogP contribution >= 0.6 is 0 Å². The molecule has 1 atom stereocenters. The number of hydrogen-bond acceptors (Lipinski definition) is 3. The van der Waals surface area contributed by atoms with Gasteiger partial charge in [0.2, 0.25) is 10.0 Å². The minimum Gasteiger partial charge on any atom is -0.316 e. The maximum atomic E-state index is 12.8. The van der Waals surface area contributed by atoms with Crippen LogP contribution in [0, 0.1) is 12.8 Å². The van der Waals surface area contributed by atoms with E-state index < -0.39 is 10.0 Å². The lowest BCUT2D eigenvalue weighted by atomic mass is 10.1. The van der Waals surface area contributed by atoms with Crippen LogP contribution in [0.2, 0.25) is 0 Å². The van der Waals surface area contributed by atoms with Crippen LogP contribution in [0.1, 0.15) is 31.9 Å². The van der Waals surface area contributed by atoms with E-state index in [9.17, 15) is 8.42 Å². The summed E-state index contributed by atoms with van der Waals surface area (Å²) < 4.78 is 27.0. The molecule has 0 aliphatic rings. The fourth-order valence-electron chi connectivity index (χ4n) is 2.03. The molecular formula is C15H26N2O2S. The smallest absolute Gasteiger partial charge is 0.243 e. The number of benzene rings is 1. The Hall–Kier alpha value is -0.910. The van der Waals surface area contributed by atoms with Gasteiger partial charge in [-0.25, -0.2) is 8.42 Å². The van der Waals surface area contributed by atoms with Gasteiger partial charge < -0.3 is 5.32 Å². The van der Waals surface area contributed by atoms with Crippen molar-refractivity contribution in [1.82, 2.24) is 9.62 Å². The Morgan fingerprint density at radius 2 is 1.85 bits per heavy atom. The van der Waals surface area contributed by atoms with E-state index >= 15 is 0 Å². The van der Waals surface area contributed by atoms with Crippen LogP contribution in [0.3, 0.4) is 0 Å². The van der Waals surface area contributed by atoms with E-state index in [1.165, 1.54) is 4.31 Å². The van der Waals surface area contributed by atoms with Crippen LogP contribution in [0.25, 0.3) is 0 Å². The summed E-state index contributed by atoms with van der Waals surface area (Å²) in [5, 5.41) is 3.04. The van der Waals surface area contributed by atoms with Crippen LogP contribution in [0.15, 0.2) is 23.1 Å². The molecule has 0 aromatic heterocycles. The highest BCUT2D eigenvalue weighted by atomic mass is 32.2. The van der Waals surface area contributed by atoms with Gasteiger partial charge in [-0.1, -0.05) is 26.0 Å². The first kappa shape index (κ1) is 17.1. The molecule has 1 aromatic rings. The first-order valence-corrected chi connectivity index (χ1v) is 8.38. The van der Waals surface area contributed by atoms with Crippen molar-refractivity contribution in [2.45, 2.75) is 45.2 Å². The maximum absolute atomic E-state index is 12.8. The fraction of sp³-hybridized carbons (Fsp3) is 0.600. The van der Waals surface area contributed by atoms with E-state index in [0.717, 1.165) is 11.1 Å². The summed E-state index contributed by atoms with van der Waals surface area (Å²) in [6.45, 7) is 8.49. The second kappa shape index (κ2) is 6.70. The third-order valence-electron chi connectivity index (χ3n) is 3.83. The fourth-order valence-corrected chi connectivity index (χ4v) is 3.80. The third-order valence-corrected chi connectivity index (χ3v) is 5.92. The molecule has 0 amide bonds. The number of aryl methyl sites for hydroxylation is 1. The van der Waals surface area contributed by atoms with E-state index in [0.29, 0.717) is 11.4 Å². The van der Waals surface area contributed by atoms with Crippen LogP contribution in [-0.2, 0) is 16.6 Å². The molecule has 1 aromatic carbocycles. The predicted molar refractivity (Wildman–Crippen MR) is 83.2 cm³/mol. The molecule has 1 N–H and O–H groups in total. The SMILES string of the molecule is CNCc1ccc(C)c(S(=O)(=O)N(C)C(C)C(C)C)c1. The van der Waals surface area contributed by atoms with Crippen LogP contribution in [0.5, 0.6) is 0 Å². The van der Waals surface area contributed by atoms with Gasteiger partial charge in [-0.2, -0.15) is 4.31 Å². The normalized spacial score (nSPS) is 14.0. The lowest BCUT2D eigenvalue weighted by Crippen LogP contribution is -2.38. The molecule has 5 heteroatoms. The van der Waals surface area contributed by atoms with E-state index in [1.807, 2.05) is 46.9 Å². The van der Waals surface area contributed by atoms with Crippen molar-refractivity contribution in [3.05, 3.63) is 29.3 Å². The Balaban J connectivity index is 3.24. The number of hydrogen-bond donors (Lipinski definition) is 1. The van der Waals surface area contributed by atoms with Crippen molar-refractivity contribution in [3.8, 4) is 0 Å². The summed E-state index contributed by atoms with van der Waals surface area (Å²) in [6, 6.07) is 5.56. The molecule has 20 heavy (non-hydrogen) atoms. The topological polar surface area (TPSA) is 49.4 Å². The van der Waals surface area contributed by atoms with Crippen molar-refractivity contribution in [2.24, 2.45) is 5.92 Å².